The fourth-order valence-electron chi connectivity index (χ4n) is 7.78. The number of benzene rings is 7. The average Bonchev–Trinajstić information content (AvgIpc) is 3.85. The van der Waals surface area contributed by atoms with Gasteiger partial charge in [0.15, 0.2) is 22.8 Å². The highest BCUT2D eigenvalue weighted by Gasteiger charge is 2.24. The largest absolute Gasteiger partial charge is 0.452 e. The minimum absolute atomic E-state index is 0.640. The van der Waals surface area contributed by atoms with E-state index >= 15 is 0 Å². The van der Waals surface area contributed by atoms with E-state index in [4.69, 9.17) is 28.8 Å². The summed E-state index contributed by atoms with van der Waals surface area (Å²) >= 11 is 0. The lowest BCUT2D eigenvalue weighted by Gasteiger charge is -2.17. The molecule has 0 aliphatic carbocycles. The normalized spacial score (nSPS) is 11.6. The molecule has 0 radical (unpaired) electrons. The molecule has 0 saturated heterocycles. The van der Waals surface area contributed by atoms with Gasteiger partial charge in [-0.25, -0.2) is 19.9 Å². The van der Waals surface area contributed by atoms with Gasteiger partial charge in [-0.15, -0.1) is 0 Å². The molecule has 6 nitrogen and oxygen atoms in total. The highest BCUT2D eigenvalue weighted by atomic mass is 16.3. The second-order valence-corrected chi connectivity index (χ2v) is 13.7. The number of fused-ring (bicyclic) bond motifs is 6. The van der Waals surface area contributed by atoms with Gasteiger partial charge in [0.25, 0.3) is 0 Å². The van der Waals surface area contributed by atoms with Gasteiger partial charge in [0, 0.05) is 33.0 Å². The van der Waals surface area contributed by atoms with Crippen LogP contribution in [-0.4, -0.2) is 19.9 Å². The van der Waals surface area contributed by atoms with Crippen molar-refractivity contribution in [1.29, 1.82) is 0 Å². The minimum atomic E-state index is 0.640. The first-order chi connectivity index (χ1) is 27.8. The Hall–Kier alpha value is -7.70. The van der Waals surface area contributed by atoms with E-state index in [-0.39, 0.29) is 0 Å². The van der Waals surface area contributed by atoms with Gasteiger partial charge in [-0.2, -0.15) is 0 Å². The number of para-hydroxylation sites is 2. The Bertz CT molecular complexity index is 3040. The van der Waals surface area contributed by atoms with Gasteiger partial charge in [0.2, 0.25) is 0 Å². The van der Waals surface area contributed by atoms with E-state index in [1.165, 1.54) is 0 Å². The van der Waals surface area contributed by atoms with Gasteiger partial charge >= 0.3 is 0 Å². The Morgan fingerprint density at radius 1 is 0.286 bits per heavy atom. The Kier molecular flexibility index (Phi) is 7.38. The Morgan fingerprint density at radius 3 is 1.02 bits per heavy atom. The third kappa shape index (κ3) is 5.19. The first kappa shape index (κ1) is 31.8. The summed E-state index contributed by atoms with van der Waals surface area (Å²) in [5, 5.41) is 1.90. The van der Waals surface area contributed by atoms with Crippen molar-refractivity contribution in [2.24, 2.45) is 0 Å². The highest BCUT2D eigenvalue weighted by molar-refractivity contribution is 6.10. The maximum absolute atomic E-state index is 6.58. The molecule has 0 bridgehead atoms. The molecule has 0 atom stereocenters. The molecule has 6 heteroatoms. The van der Waals surface area contributed by atoms with E-state index < -0.39 is 0 Å². The summed E-state index contributed by atoms with van der Waals surface area (Å²) in [7, 11) is 0. The van der Waals surface area contributed by atoms with Gasteiger partial charge in [-0.05, 0) is 46.5 Å². The van der Waals surface area contributed by atoms with Crippen molar-refractivity contribution in [1.82, 2.24) is 19.9 Å². The number of hydrogen-bond acceptors (Lipinski definition) is 6. The van der Waals surface area contributed by atoms with Crippen LogP contribution >= 0.6 is 0 Å². The van der Waals surface area contributed by atoms with Crippen LogP contribution in [0.2, 0.25) is 0 Å². The Labute approximate surface area is 321 Å². The smallest absolute Gasteiger partial charge is 0.180 e. The molecule has 11 aromatic rings. The molecule has 7 aromatic carbocycles. The van der Waals surface area contributed by atoms with Crippen molar-refractivity contribution in [3.05, 3.63) is 182 Å². The lowest BCUT2D eigenvalue weighted by atomic mass is 9.88. The number of rotatable bonds is 6. The van der Waals surface area contributed by atoms with Crippen LogP contribution < -0.4 is 0 Å². The molecule has 0 saturated carbocycles. The van der Waals surface area contributed by atoms with Gasteiger partial charge in [0.05, 0.1) is 0 Å². The van der Waals surface area contributed by atoms with Crippen molar-refractivity contribution in [2.45, 2.75) is 0 Å². The topological polar surface area (TPSA) is 77.8 Å². The molecule has 4 heterocycles. The lowest BCUT2D eigenvalue weighted by molar-refractivity contribution is 0.667. The summed E-state index contributed by atoms with van der Waals surface area (Å²) < 4.78 is 13.2. The average molecular weight is 719 g/mol. The number of nitrogens with zero attached hydrogens (tertiary/aromatic N) is 4. The van der Waals surface area contributed by atoms with Crippen LogP contribution in [0.3, 0.4) is 0 Å². The van der Waals surface area contributed by atoms with Crippen LogP contribution in [0.1, 0.15) is 0 Å². The van der Waals surface area contributed by atoms with Crippen molar-refractivity contribution < 1.29 is 8.83 Å². The van der Waals surface area contributed by atoms with Gasteiger partial charge in [-0.1, -0.05) is 158 Å². The minimum Gasteiger partial charge on any atom is -0.452 e. The zero-order valence-corrected chi connectivity index (χ0v) is 29.9. The van der Waals surface area contributed by atoms with E-state index in [1.54, 1.807) is 0 Å². The highest BCUT2D eigenvalue weighted by Crippen LogP contribution is 2.45. The summed E-state index contributed by atoms with van der Waals surface area (Å²) in [6.07, 6.45) is 0. The van der Waals surface area contributed by atoms with Gasteiger partial charge in [-0.3, -0.25) is 0 Å². The van der Waals surface area contributed by atoms with Gasteiger partial charge in [0.1, 0.15) is 33.6 Å². The van der Waals surface area contributed by atoms with E-state index in [9.17, 15) is 0 Å². The molecular weight excluding hydrogens is 689 g/mol. The maximum Gasteiger partial charge on any atom is 0.180 e. The maximum atomic E-state index is 6.58. The molecule has 0 aliphatic heterocycles. The third-order valence-corrected chi connectivity index (χ3v) is 10.4. The van der Waals surface area contributed by atoms with Crippen molar-refractivity contribution in [3.8, 4) is 67.5 Å². The summed E-state index contributed by atoms with van der Waals surface area (Å²) in [5.41, 5.74) is 13.7. The quantitative estimate of drug-likeness (QED) is 0.170. The van der Waals surface area contributed by atoms with E-state index in [0.29, 0.717) is 22.8 Å². The zero-order valence-electron chi connectivity index (χ0n) is 29.9. The molecule has 0 fully saturated rings. The summed E-state index contributed by atoms with van der Waals surface area (Å²) in [4.78, 5) is 20.7. The number of aromatic nitrogens is 4. The zero-order chi connectivity index (χ0) is 37.0. The molecule has 262 valence electrons. The second kappa shape index (κ2) is 13.0. The van der Waals surface area contributed by atoms with Gasteiger partial charge < -0.3 is 8.83 Å². The summed E-state index contributed by atoms with van der Waals surface area (Å²) in [6.45, 7) is 0. The Morgan fingerprint density at radius 2 is 0.607 bits per heavy atom. The number of hydrogen-bond donors (Lipinski definition) is 0. The molecule has 0 aliphatic rings. The fourth-order valence-corrected chi connectivity index (χ4v) is 7.78. The van der Waals surface area contributed by atoms with Crippen LogP contribution in [0.4, 0.5) is 0 Å². The molecule has 0 amide bonds. The molecule has 0 spiro atoms. The predicted octanol–water partition coefficient (Wildman–Crippen LogP) is 13.1. The van der Waals surface area contributed by atoms with Crippen LogP contribution in [0.25, 0.3) is 112 Å². The van der Waals surface area contributed by atoms with E-state index in [2.05, 4.69) is 84.9 Å². The van der Waals surface area contributed by atoms with Crippen LogP contribution in [0, 0.1) is 0 Å². The van der Waals surface area contributed by atoms with E-state index in [0.717, 1.165) is 88.9 Å². The van der Waals surface area contributed by atoms with E-state index in [1.807, 2.05) is 97.1 Å². The monoisotopic (exact) mass is 718 g/mol. The molecule has 0 N–H and O–H groups in total. The first-order valence-corrected chi connectivity index (χ1v) is 18.6. The molecule has 56 heavy (non-hydrogen) atoms. The molecular formula is C50H30N4O2. The third-order valence-electron chi connectivity index (χ3n) is 10.4. The predicted molar refractivity (Wildman–Crippen MR) is 225 cm³/mol. The summed E-state index contributed by atoms with van der Waals surface area (Å²) in [5.74, 6) is 1.28. The number of furan rings is 2. The van der Waals surface area contributed by atoms with Crippen LogP contribution in [-0.2, 0) is 0 Å². The summed E-state index contributed by atoms with van der Waals surface area (Å²) in [6, 6.07) is 61.6. The Balaban J connectivity index is 1.15. The van der Waals surface area contributed by atoms with Crippen molar-refractivity contribution >= 4 is 44.1 Å². The second-order valence-electron chi connectivity index (χ2n) is 13.7. The fraction of sp³-hybridized carbons (Fsp3) is 0. The van der Waals surface area contributed by atoms with Crippen molar-refractivity contribution in [2.75, 3.05) is 0 Å². The SMILES string of the molecule is c1ccc(-c2nc(-c3ccccc3-c3ccccc3-c3ccccc3-c3nc(-c4ccccc4)nc4c3oc3ccccc34)c3oc4ccccc4c3n2)cc1. The first-order valence-electron chi connectivity index (χ1n) is 18.6. The lowest BCUT2D eigenvalue weighted by Crippen LogP contribution is -1.97. The molecule has 11 rings (SSSR count). The van der Waals surface area contributed by atoms with Crippen LogP contribution in [0.15, 0.2) is 191 Å². The molecule has 0 unspecified atom stereocenters. The standard InChI is InChI=1S/C50H30N4O2/c1-3-17-31(18-4-1)49-51-43(47-45(53-49)39-27-13-15-29-41(39)55-47)37-25-11-9-23-35(37)33-21-7-8-22-34(33)36-24-10-12-26-38(36)44-48-46(40-28-14-16-30-42(40)56-48)54-50(52-44)32-19-5-2-6-20-32/h1-30H. The molecule has 4 aromatic heterocycles. The van der Waals surface area contributed by atoms with Crippen molar-refractivity contribution in [3.63, 3.8) is 0 Å². The van der Waals surface area contributed by atoms with Crippen LogP contribution in [0.5, 0.6) is 0 Å².